The highest BCUT2D eigenvalue weighted by molar-refractivity contribution is 5.97. The Hall–Kier alpha value is -5.47. The number of aryl methyl sites for hydroxylation is 2. The Morgan fingerprint density at radius 1 is 0.927 bits per heavy atom. The van der Waals surface area contributed by atoms with Crippen molar-refractivity contribution in [3.63, 3.8) is 0 Å². The van der Waals surface area contributed by atoms with Crippen molar-refractivity contribution >= 4 is 33.7 Å². The summed E-state index contributed by atoms with van der Waals surface area (Å²) in [5.74, 6) is -0.191. The summed E-state index contributed by atoms with van der Waals surface area (Å²) in [5.41, 5.74) is 4.64. The van der Waals surface area contributed by atoms with E-state index in [0.717, 1.165) is 85.8 Å². The molecule has 0 radical (unpaired) electrons. The van der Waals surface area contributed by atoms with Crippen LogP contribution in [-0.4, -0.2) is 122 Å². The van der Waals surface area contributed by atoms with Crippen LogP contribution in [0, 0.1) is 11.6 Å². The average Bonchev–Trinajstić information content (AvgIpc) is 3.89. The molecule has 2 atom stereocenters. The van der Waals surface area contributed by atoms with E-state index in [9.17, 15) is 8.78 Å². The molecule has 3 aliphatic rings. The number of likely N-dealkylation sites (N-methyl/N-ethyl adjacent to an activating group) is 1. The second kappa shape index (κ2) is 14.6. The van der Waals surface area contributed by atoms with Gasteiger partial charge >= 0.3 is 0 Å². The number of carbonyl (C=O) groups excluding carboxylic acids is 1. The average molecular weight is 747 g/mol. The molecule has 0 spiro atoms. The lowest BCUT2D eigenvalue weighted by Gasteiger charge is -2.34. The molecule has 6 aromatic rings. The van der Waals surface area contributed by atoms with Gasteiger partial charge < -0.3 is 24.3 Å². The maximum atomic E-state index is 15.0. The number of ether oxygens (including phenoxy) is 1. The molecule has 284 valence electrons. The molecule has 3 aromatic heterocycles. The van der Waals surface area contributed by atoms with Gasteiger partial charge in [0, 0.05) is 69.9 Å². The molecule has 3 aliphatic heterocycles. The maximum absolute atomic E-state index is 15.0. The van der Waals surface area contributed by atoms with Crippen LogP contribution >= 0.6 is 0 Å². The van der Waals surface area contributed by atoms with Gasteiger partial charge in [-0.3, -0.25) is 9.48 Å². The Morgan fingerprint density at radius 3 is 2.64 bits per heavy atom. The maximum Gasteiger partial charge on any atom is 0.245 e. The first kappa shape index (κ1) is 35.2. The van der Waals surface area contributed by atoms with Crippen LogP contribution in [0.1, 0.15) is 25.0 Å². The number of nitrogens with zero attached hydrogens (tertiary/aromatic N) is 10. The monoisotopic (exact) mass is 746 g/mol. The second-order valence-electron chi connectivity index (χ2n) is 15.0. The van der Waals surface area contributed by atoms with Gasteiger partial charge in [-0.25, -0.2) is 23.4 Å². The number of hydrogen-bond donors (Lipinski definition) is 0. The Morgan fingerprint density at radius 2 is 1.78 bits per heavy atom. The zero-order valence-corrected chi connectivity index (χ0v) is 31.1. The van der Waals surface area contributed by atoms with Crippen molar-refractivity contribution < 1.29 is 18.3 Å². The lowest BCUT2D eigenvalue weighted by Crippen LogP contribution is -2.48. The molecule has 3 aromatic carbocycles. The molecule has 2 saturated heterocycles. The number of rotatable bonds is 6. The molecule has 2 fully saturated rings. The Kier molecular flexibility index (Phi) is 9.38. The fraction of sp³-hybridized carbons (Fsp3) is 0.390. The zero-order valence-electron chi connectivity index (χ0n) is 31.1. The molecular weight excluding hydrogens is 703 g/mol. The number of benzene rings is 3. The van der Waals surface area contributed by atoms with Crippen molar-refractivity contribution in [2.24, 2.45) is 7.05 Å². The smallest absolute Gasteiger partial charge is 0.245 e. The highest BCUT2D eigenvalue weighted by Crippen LogP contribution is 2.37. The van der Waals surface area contributed by atoms with Crippen LogP contribution in [0.15, 0.2) is 73.2 Å². The van der Waals surface area contributed by atoms with Gasteiger partial charge in [0.05, 0.1) is 23.6 Å². The standard InChI is InChI=1S/C41H44F2N10O2/c1-48-17-19-50(20-18-48)14-6-16-51-15-5-11-36-38-31(9-4-10-34(38)47-49(36)2)27-7-3-8-29(21-27)55-30-23-37(41(51)54)52(25-30)39-32-24-46-53(40(32)45-26-44-39)35-13-12-28(42)22-33(35)43/h3-4,7-10,12-13,21-22,24,26,30,37H,5-6,11,14-20,23,25H2,1-2H3/t30-,37-/m0/s1. The van der Waals surface area contributed by atoms with Crippen LogP contribution in [0.4, 0.5) is 14.6 Å². The summed E-state index contributed by atoms with van der Waals surface area (Å²) in [6.45, 7) is 6.66. The first-order valence-corrected chi connectivity index (χ1v) is 19.1. The number of anilines is 1. The first-order valence-electron chi connectivity index (χ1n) is 19.1. The molecule has 14 heteroatoms. The third kappa shape index (κ3) is 6.78. The van der Waals surface area contributed by atoms with Gasteiger partial charge in [-0.15, -0.1) is 0 Å². The number of piperazine rings is 1. The van der Waals surface area contributed by atoms with Crippen LogP contribution in [0.25, 0.3) is 38.8 Å². The van der Waals surface area contributed by atoms with E-state index in [0.29, 0.717) is 48.7 Å². The highest BCUT2D eigenvalue weighted by atomic mass is 19.1. The van der Waals surface area contributed by atoms with Crippen molar-refractivity contribution in [1.29, 1.82) is 0 Å². The minimum atomic E-state index is -0.759. The van der Waals surface area contributed by atoms with E-state index >= 15 is 4.79 Å². The van der Waals surface area contributed by atoms with Crippen LogP contribution in [0.3, 0.4) is 0 Å². The Bertz CT molecular complexity index is 2370. The van der Waals surface area contributed by atoms with Crippen molar-refractivity contribution in [2.75, 3.05) is 64.3 Å². The zero-order chi connectivity index (χ0) is 37.6. The summed E-state index contributed by atoms with van der Waals surface area (Å²) in [6, 6.07) is 17.2. The first-order chi connectivity index (χ1) is 26.8. The third-order valence-electron chi connectivity index (χ3n) is 11.4. The lowest BCUT2D eigenvalue weighted by atomic mass is 9.98. The van der Waals surface area contributed by atoms with Gasteiger partial charge in [0.2, 0.25) is 5.91 Å². The van der Waals surface area contributed by atoms with Gasteiger partial charge in [-0.2, -0.15) is 10.2 Å². The second-order valence-corrected chi connectivity index (χ2v) is 15.0. The summed E-state index contributed by atoms with van der Waals surface area (Å²) >= 11 is 0. The van der Waals surface area contributed by atoms with Crippen molar-refractivity contribution in [3.8, 4) is 22.6 Å². The topological polar surface area (TPSA) is 101 Å². The van der Waals surface area contributed by atoms with Crippen LogP contribution < -0.4 is 9.64 Å². The van der Waals surface area contributed by atoms with E-state index in [1.54, 1.807) is 6.20 Å². The SMILES string of the molecule is CN1CCN(CCCN2CCCc3c4c(cccc4nn3C)-c3cccc(c3)O[C@H]3C[C@@H](C2=O)N(c2ncnc4c2cnn4-c2ccc(F)cc2F)C3)CC1. The number of fused-ring (bicyclic) bond motifs is 6. The van der Waals surface area contributed by atoms with E-state index in [4.69, 9.17) is 14.8 Å². The van der Waals surface area contributed by atoms with E-state index < -0.39 is 17.7 Å². The summed E-state index contributed by atoms with van der Waals surface area (Å²) in [7, 11) is 4.16. The summed E-state index contributed by atoms with van der Waals surface area (Å²) in [5, 5.41) is 11.0. The molecule has 0 N–H and O–H groups in total. The molecule has 1 amide bonds. The van der Waals surface area contributed by atoms with Crippen molar-refractivity contribution in [1.82, 2.24) is 44.2 Å². The molecule has 12 nitrogen and oxygen atoms in total. The van der Waals surface area contributed by atoms with E-state index in [1.165, 1.54) is 23.1 Å². The fourth-order valence-corrected chi connectivity index (χ4v) is 8.55. The molecule has 0 unspecified atom stereocenters. The number of aromatic nitrogens is 6. The van der Waals surface area contributed by atoms with Crippen molar-refractivity contribution in [3.05, 3.63) is 90.5 Å². The summed E-state index contributed by atoms with van der Waals surface area (Å²) in [4.78, 5) is 33.1. The van der Waals surface area contributed by atoms with Gasteiger partial charge in [0.1, 0.15) is 41.5 Å². The molecule has 9 rings (SSSR count). The van der Waals surface area contributed by atoms with Crippen LogP contribution in [0.2, 0.25) is 0 Å². The molecular formula is C41H44F2N10O2. The van der Waals surface area contributed by atoms with E-state index in [1.807, 2.05) is 39.7 Å². The lowest BCUT2D eigenvalue weighted by molar-refractivity contribution is -0.132. The number of carbonyl (C=O) groups is 1. The van der Waals surface area contributed by atoms with Gasteiger partial charge in [0.25, 0.3) is 0 Å². The van der Waals surface area contributed by atoms with Crippen LogP contribution in [0.5, 0.6) is 5.75 Å². The van der Waals surface area contributed by atoms with Gasteiger partial charge in [0.15, 0.2) is 11.5 Å². The van der Waals surface area contributed by atoms with Gasteiger partial charge in [-0.1, -0.05) is 24.3 Å². The van der Waals surface area contributed by atoms with E-state index in [2.05, 4.69) is 51.2 Å². The predicted octanol–water partition coefficient (Wildman–Crippen LogP) is 5.09. The highest BCUT2D eigenvalue weighted by Gasteiger charge is 2.42. The van der Waals surface area contributed by atoms with Gasteiger partial charge in [-0.05, 0) is 74.3 Å². The Balaban J connectivity index is 1.09. The summed E-state index contributed by atoms with van der Waals surface area (Å²) < 4.78 is 38.9. The third-order valence-corrected chi connectivity index (χ3v) is 11.4. The predicted molar refractivity (Wildman–Crippen MR) is 206 cm³/mol. The molecule has 0 saturated carbocycles. The quantitative estimate of drug-likeness (QED) is 0.231. The largest absolute Gasteiger partial charge is 0.488 e. The fourth-order valence-electron chi connectivity index (χ4n) is 8.55. The minimum Gasteiger partial charge on any atom is -0.488 e. The molecule has 6 heterocycles. The Labute approximate surface area is 317 Å². The molecule has 55 heavy (non-hydrogen) atoms. The van der Waals surface area contributed by atoms with E-state index in [-0.39, 0.29) is 17.7 Å². The number of amides is 1. The normalized spacial score (nSPS) is 19.9. The number of hydrogen-bond acceptors (Lipinski definition) is 9. The number of halogens is 2. The van der Waals surface area contributed by atoms with Crippen molar-refractivity contribution in [2.45, 2.75) is 37.8 Å². The van der Waals surface area contributed by atoms with Crippen LogP contribution in [-0.2, 0) is 18.3 Å². The molecule has 0 aliphatic carbocycles. The minimum absolute atomic E-state index is 0.0207. The molecule has 4 bridgehead atoms. The summed E-state index contributed by atoms with van der Waals surface area (Å²) in [6.07, 6.45) is 5.49.